The van der Waals surface area contributed by atoms with E-state index in [0.29, 0.717) is 5.75 Å². The number of esters is 2. The van der Waals surface area contributed by atoms with Gasteiger partial charge >= 0.3 is 11.9 Å². The molecule has 0 saturated carbocycles. The number of carbonyl (C=O) groups excluding carboxylic acids is 4. The molecule has 1 fully saturated rings. The molecule has 0 aromatic carbocycles. The summed E-state index contributed by atoms with van der Waals surface area (Å²) in [5.41, 5.74) is 5.78. The predicted octanol–water partition coefficient (Wildman–Crippen LogP) is 0.0538. The lowest BCUT2D eigenvalue weighted by Gasteiger charge is -2.48. The number of β-lactam (4-membered cyclic amide) rings is 1. The summed E-state index contributed by atoms with van der Waals surface area (Å²) in [5, 5.41) is 7.60. The van der Waals surface area contributed by atoms with Gasteiger partial charge in [-0.15, -0.1) is 35.5 Å². The van der Waals surface area contributed by atoms with Crippen LogP contribution in [0.4, 0.5) is 5.13 Å². The molecule has 2 amide bonds. The molecule has 15 heteroatoms. The van der Waals surface area contributed by atoms with E-state index in [-0.39, 0.29) is 41.2 Å². The van der Waals surface area contributed by atoms with Gasteiger partial charge in [0.2, 0.25) is 0 Å². The van der Waals surface area contributed by atoms with Gasteiger partial charge in [-0.2, -0.15) is 0 Å². The maximum Gasteiger partial charge on any atom is 0.355 e. The van der Waals surface area contributed by atoms with Crippen molar-refractivity contribution in [2.75, 3.05) is 32.3 Å². The number of hydrogen-bond acceptors (Lipinski definition) is 12. The van der Waals surface area contributed by atoms with Gasteiger partial charge in [-0.05, 0) is 12.2 Å². The number of methoxy groups -OCH3 is 1. The zero-order valence-electron chi connectivity index (χ0n) is 17.4. The van der Waals surface area contributed by atoms with E-state index in [2.05, 4.69) is 20.2 Å². The number of thiazole rings is 1. The van der Waals surface area contributed by atoms with Gasteiger partial charge in [0.05, 0.1) is 7.11 Å². The van der Waals surface area contributed by atoms with Gasteiger partial charge < -0.3 is 25.4 Å². The minimum Gasteiger partial charge on any atom is -0.466 e. The van der Waals surface area contributed by atoms with Crippen LogP contribution >= 0.6 is 35.5 Å². The van der Waals surface area contributed by atoms with Gasteiger partial charge in [-0.1, -0.05) is 5.16 Å². The van der Waals surface area contributed by atoms with Crippen molar-refractivity contribution < 1.29 is 33.5 Å². The summed E-state index contributed by atoms with van der Waals surface area (Å²) in [4.78, 5) is 58.8. The molecule has 2 atom stereocenters. The Balaban J connectivity index is 0.00000385. The Morgan fingerprint density at radius 3 is 2.79 bits per heavy atom. The van der Waals surface area contributed by atoms with E-state index in [1.54, 1.807) is 11.5 Å². The summed E-state index contributed by atoms with van der Waals surface area (Å²) in [7, 11) is 2.50. The fraction of sp³-hybridized carbons (Fsp3) is 0.333. The average Bonchev–Trinajstić information content (AvgIpc) is 3.23. The first-order valence-corrected chi connectivity index (χ1v) is 11.0. The second-order valence-electron chi connectivity index (χ2n) is 6.19. The molecule has 3 heterocycles. The van der Waals surface area contributed by atoms with Gasteiger partial charge in [-0.3, -0.25) is 14.5 Å². The topological polar surface area (TPSA) is 163 Å². The molecule has 178 valence electrons. The number of nitrogens with one attached hydrogen (secondary N) is 1. The van der Waals surface area contributed by atoms with Crippen LogP contribution in [-0.2, 0) is 33.5 Å². The SMILES string of the molecule is CO/N=C(\C(=O)NC1C(=O)N2C(C(=O)OC/C=C/C(=O)OC)=CCS[C@H]12)c1csc(N)n1.Cl. The number of aromatic nitrogens is 1. The molecule has 0 bridgehead atoms. The van der Waals surface area contributed by atoms with Crippen molar-refractivity contribution in [3.63, 3.8) is 0 Å². The van der Waals surface area contributed by atoms with Gasteiger partial charge in [-0.25, -0.2) is 14.6 Å². The largest absolute Gasteiger partial charge is 0.466 e. The zero-order valence-corrected chi connectivity index (χ0v) is 19.8. The number of carbonyl (C=O) groups is 4. The lowest BCUT2D eigenvalue weighted by molar-refractivity contribution is -0.151. The van der Waals surface area contributed by atoms with Crippen molar-refractivity contribution in [3.8, 4) is 0 Å². The van der Waals surface area contributed by atoms with E-state index in [1.165, 1.54) is 37.0 Å². The summed E-state index contributed by atoms with van der Waals surface area (Å²) in [5.74, 6) is -2.00. The summed E-state index contributed by atoms with van der Waals surface area (Å²) < 4.78 is 9.52. The van der Waals surface area contributed by atoms with Crippen LogP contribution in [0, 0.1) is 0 Å². The third-order valence-electron chi connectivity index (χ3n) is 4.27. The maximum atomic E-state index is 12.7. The molecular formula is C18H20ClN5O7S2. The highest BCUT2D eigenvalue weighted by atomic mass is 35.5. The van der Waals surface area contributed by atoms with Crippen LogP contribution in [0.1, 0.15) is 5.69 Å². The number of ether oxygens (including phenoxy) is 2. The number of nitrogen functional groups attached to an aromatic ring is 1. The van der Waals surface area contributed by atoms with Crippen molar-refractivity contribution in [2.45, 2.75) is 11.4 Å². The average molecular weight is 518 g/mol. The highest BCUT2D eigenvalue weighted by molar-refractivity contribution is 8.00. The molecule has 2 aliphatic rings. The Hall–Kier alpha value is -3.10. The molecule has 3 rings (SSSR count). The number of halogens is 1. The first-order chi connectivity index (χ1) is 15.4. The van der Waals surface area contributed by atoms with Crippen LogP contribution in [0.2, 0.25) is 0 Å². The highest BCUT2D eigenvalue weighted by Gasteiger charge is 2.53. The third kappa shape index (κ3) is 5.83. The number of amides is 2. The van der Waals surface area contributed by atoms with Crippen LogP contribution < -0.4 is 11.1 Å². The molecular weight excluding hydrogens is 498 g/mol. The van der Waals surface area contributed by atoms with Crippen LogP contribution in [0.5, 0.6) is 0 Å². The van der Waals surface area contributed by atoms with Gasteiger partial charge in [0.1, 0.15) is 36.5 Å². The first kappa shape index (κ1) is 26.2. The molecule has 33 heavy (non-hydrogen) atoms. The van der Waals surface area contributed by atoms with Crippen LogP contribution in [-0.4, -0.2) is 77.3 Å². The predicted molar refractivity (Wildman–Crippen MR) is 123 cm³/mol. The molecule has 1 aromatic heterocycles. The van der Waals surface area contributed by atoms with Crippen LogP contribution in [0.25, 0.3) is 0 Å². The van der Waals surface area contributed by atoms with Crippen molar-refractivity contribution in [1.82, 2.24) is 15.2 Å². The number of nitrogens with two attached hydrogens (primary N) is 1. The second-order valence-corrected chi connectivity index (χ2v) is 8.23. The monoisotopic (exact) mass is 517 g/mol. The number of rotatable bonds is 8. The Kier molecular flexibility index (Phi) is 9.25. The molecule has 3 N–H and O–H groups in total. The van der Waals surface area contributed by atoms with Gasteiger partial charge in [0, 0.05) is 17.2 Å². The lowest BCUT2D eigenvalue weighted by atomic mass is 10.0. The summed E-state index contributed by atoms with van der Waals surface area (Å²) >= 11 is 2.50. The molecule has 1 saturated heterocycles. The number of fused-ring (bicyclic) bond motifs is 1. The minimum atomic E-state index is -0.874. The molecule has 2 aliphatic heterocycles. The molecule has 0 spiro atoms. The van der Waals surface area contributed by atoms with E-state index in [0.717, 1.165) is 17.4 Å². The van der Waals surface area contributed by atoms with Gasteiger partial charge in [0.25, 0.3) is 11.8 Å². The third-order valence-corrected chi connectivity index (χ3v) is 6.13. The van der Waals surface area contributed by atoms with Crippen LogP contribution in [0.15, 0.2) is 34.5 Å². The maximum absolute atomic E-state index is 12.7. The molecule has 12 nitrogen and oxygen atoms in total. The number of nitrogens with zero attached hydrogens (tertiary/aromatic N) is 3. The van der Waals surface area contributed by atoms with Crippen molar-refractivity contribution in [2.24, 2.45) is 5.16 Å². The van der Waals surface area contributed by atoms with Crippen molar-refractivity contribution in [1.29, 1.82) is 0 Å². The van der Waals surface area contributed by atoms with E-state index < -0.39 is 35.2 Å². The summed E-state index contributed by atoms with van der Waals surface area (Å²) in [6, 6.07) is -0.874. The second kappa shape index (κ2) is 11.7. The van der Waals surface area contributed by atoms with E-state index in [1.807, 2.05) is 0 Å². The smallest absolute Gasteiger partial charge is 0.355 e. The van der Waals surface area contributed by atoms with Crippen molar-refractivity contribution in [3.05, 3.63) is 35.0 Å². The fourth-order valence-corrected chi connectivity index (χ4v) is 4.58. The number of thioether (sulfide) groups is 1. The first-order valence-electron chi connectivity index (χ1n) is 9.07. The number of anilines is 1. The Morgan fingerprint density at radius 1 is 1.39 bits per heavy atom. The summed E-state index contributed by atoms with van der Waals surface area (Å²) in [6.45, 7) is -0.168. The lowest BCUT2D eigenvalue weighted by Crippen LogP contribution is -2.70. The standard InChI is InChI=1S/C18H19N5O7S2.ClH/c1-28-11(24)4-3-6-30-17(27)10-5-7-31-16-13(15(26)23(10)16)21-14(25)12(22-29-2)9-8-32-18(19)20-9;/h3-5,8,13,16H,6-7H2,1-2H3,(H2,19,20)(H,21,25);1H/b4-3+,22-12-;/t13?,16-;/m1./s1. The quantitative estimate of drug-likeness (QED) is 0.158. The molecule has 0 aliphatic carbocycles. The Bertz CT molecular complexity index is 1030. The molecule has 1 unspecified atom stereocenters. The van der Waals surface area contributed by atoms with Crippen molar-refractivity contribution >= 4 is 70.1 Å². The Labute approximate surface area is 202 Å². The summed E-state index contributed by atoms with van der Waals surface area (Å²) in [6.07, 6.45) is 4.01. The Morgan fingerprint density at radius 2 is 2.15 bits per heavy atom. The van der Waals surface area contributed by atoms with Crippen LogP contribution in [0.3, 0.4) is 0 Å². The minimum absolute atomic E-state index is 0. The highest BCUT2D eigenvalue weighted by Crippen LogP contribution is 2.37. The fourth-order valence-electron chi connectivity index (χ4n) is 2.84. The van der Waals surface area contributed by atoms with E-state index >= 15 is 0 Å². The molecule has 1 aromatic rings. The number of oxime groups is 1. The number of hydrogen-bond donors (Lipinski definition) is 2. The normalized spacial score (nSPS) is 19.6. The zero-order chi connectivity index (χ0) is 23.3. The van der Waals surface area contributed by atoms with E-state index in [9.17, 15) is 19.2 Å². The molecule has 0 radical (unpaired) electrons. The van der Waals surface area contributed by atoms with Gasteiger partial charge in [0.15, 0.2) is 10.8 Å². The van der Waals surface area contributed by atoms with E-state index in [4.69, 9.17) is 15.3 Å².